The van der Waals surface area contributed by atoms with Gasteiger partial charge in [0.2, 0.25) is 0 Å². The van der Waals surface area contributed by atoms with Gasteiger partial charge in [-0.3, -0.25) is 9.78 Å². The third-order valence-corrected chi connectivity index (χ3v) is 2.99. The lowest BCUT2D eigenvalue weighted by atomic mass is 10.0. The quantitative estimate of drug-likeness (QED) is 0.797. The number of hydrogen-bond acceptors (Lipinski definition) is 4. The number of ether oxygens (including phenoxy) is 1. The predicted octanol–water partition coefficient (Wildman–Crippen LogP) is 0.881. The molecular weight excluding hydrogens is 218 g/mol. The first-order valence-electron chi connectivity index (χ1n) is 5.63. The molecule has 1 fully saturated rings. The number of carbonyl (C=O) groups excluding carboxylic acids is 1. The lowest BCUT2D eigenvalue weighted by Gasteiger charge is -2.23. The van der Waals surface area contributed by atoms with Crippen molar-refractivity contribution in [1.82, 2.24) is 10.3 Å². The number of rotatable bonds is 2. The minimum Gasteiger partial charge on any atom is -0.397 e. The van der Waals surface area contributed by atoms with Crippen LogP contribution in [0.25, 0.3) is 0 Å². The van der Waals surface area contributed by atoms with Crippen molar-refractivity contribution < 1.29 is 9.53 Å². The molecule has 0 saturated carbocycles. The summed E-state index contributed by atoms with van der Waals surface area (Å²) in [6.07, 6.45) is 2.38. The summed E-state index contributed by atoms with van der Waals surface area (Å²) >= 11 is 0. The Morgan fingerprint density at radius 3 is 3.06 bits per heavy atom. The van der Waals surface area contributed by atoms with Crippen LogP contribution >= 0.6 is 0 Å². The summed E-state index contributed by atoms with van der Waals surface area (Å²) in [5, 5.41) is 2.98. The van der Waals surface area contributed by atoms with Crippen LogP contribution in [-0.2, 0) is 4.74 Å². The Labute approximate surface area is 100 Å². The fourth-order valence-corrected chi connectivity index (χ4v) is 1.89. The summed E-state index contributed by atoms with van der Waals surface area (Å²) in [5.74, 6) is -0.143. The second-order valence-electron chi connectivity index (χ2n) is 4.72. The molecule has 0 aliphatic carbocycles. The zero-order valence-electron chi connectivity index (χ0n) is 10.1. The molecule has 17 heavy (non-hydrogen) atoms. The first kappa shape index (κ1) is 11.9. The van der Waals surface area contributed by atoms with E-state index in [1.54, 1.807) is 19.2 Å². The normalized spacial score (nSPS) is 23.6. The van der Waals surface area contributed by atoms with Crippen LogP contribution in [0.15, 0.2) is 12.3 Å². The topological polar surface area (TPSA) is 77.2 Å². The SMILES string of the molecule is Cc1ncc(N)cc1C(=O)NC1(C)CCOC1. The molecule has 1 amide bonds. The number of aryl methyl sites for hydroxylation is 1. The maximum absolute atomic E-state index is 12.1. The molecule has 2 heterocycles. The molecule has 0 spiro atoms. The van der Waals surface area contributed by atoms with Gasteiger partial charge in [-0.15, -0.1) is 0 Å². The lowest BCUT2D eigenvalue weighted by Crippen LogP contribution is -2.46. The number of hydrogen-bond donors (Lipinski definition) is 2. The van der Waals surface area contributed by atoms with Crippen molar-refractivity contribution in [1.29, 1.82) is 0 Å². The van der Waals surface area contributed by atoms with Gasteiger partial charge >= 0.3 is 0 Å². The smallest absolute Gasteiger partial charge is 0.253 e. The van der Waals surface area contributed by atoms with Crippen molar-refractivity contribution in [3.8, 4) is 0 Å². The largest absolute Gasteiger partial charge is 0.397 e. The molecule has 1 saturated heterocycles. The van der Waals surface area contributed by atoms with Crippen LogP contribution in [0.4, 0.5) is 5.69 Å². The minimum atomic E-state index is -0.284. The Bertz CT molecular complexity index is 439. The average molecular weight is 235 g/mol. The van der Waals surface area contributed by atoms with E-state index in [-0.39, 0.29) is 11.4 Å². The van der Waals surface area contributed by atoms with Gasteiger partial charge in [-0.05, 0) is 26.3 Å². The van der Waals surface area contributed by atoms with Crippen molar-refractivity contribution in [2.45, 2.75) is 25.8 Å². The summed E-state index contributed by atoms with van der Waals surface area (Å²) in [6.45, 7) is 5.01. The number of nitrogens with zero attached hydrogens (tertiary/aromatic N) is 1. The summed E-state index contributed by atoms with van der Waals surface area (Å²) in [4.78, 5) is 16.2. The molecule has 5 nitrogen and oxygen atoms in total. The highest BCUT2D eigenvalue weighted by Gasteiger charge is 2.31. The Morgan fingerprint density at radius 2 is 2.41 bits per heavy atom. The third-order valence-electron chi connectivity index (χ3n) is 2.99. The number of pyridine rings is 1. The van der Waals surface area contributed by atoms with Crippen LogP contribution in [0.1, 0.15) is 29.4 Å². The summed E-state index contributed by atoms with van der Waals surface area (Å²) in [5.41, 5.74) is 7.06. The number of anilines is 1. The Balaban J connectivity index is 2.17. The van der Waals surface area contributed by atoms with Gasteiger partial charge in [0.1, 0.15) is 0 Å². The first-order chi connectivity index (χ1) is 8.00. The molecule has 1 atom stereocenters. The lowest BCUT2D eigenvalue weighted by molar-refractivity contribution is 0.0889. The van der Waals surface area contributed by atoms with Gasteiger partial charge < -0.3 is 15.8 Å². The molecule has 1 aliphatic heterocycles. The fraction of sp³-hybridized carbons (Fsp3) is 0.500. The van der Waals surface area contributed by atoms with Crippen molar-refractivity contribution >= 4 is 11.6 Å². The number of nitrogens with two attached hydrogens (primary N) is 1. The van der Waals surface area contributed by atoms with Crippen molar-refractivity contribution in [2.24, 2.45) is 0 Å². The van der Waals surface area contributed by atoms with Gasteiger partial charge in [-0.25, -0.2) is 0 Å². The fourth-order valence-electron chi connectivity index (χ4n) is 1.89. The third kappa shape index (κ3) is 2.55. The van der Waals surface area contributed by atoms with E-state index in [4.69, 9.17) is 10.5 Å². The highest BCUT2D eigenvalue weighted by molar-refractivity contribution is 5.96. The molecule has 0 radical (unpaired) electrons. The van der Waals surface area contributed by atoms with E-state index in [2.05, 4.69) is 10.3 Å². The van der Waals surface area contributed by atoms with Crippen molar-refractivity contribution in [3.05, 3.63) is 23.5 Å². The van der Waals surface area contributed by atoms with E-state index in [0.717, 1.165) is 6.42 Å². The van der Waals surface area contributed by atoms with Gasteiger partial charge in [0.25, 0.3) is 5.91 Å². The second kappa shape index (κ2) is 4.33. The summed E-state index contributed by atoms with van der Waals surface area (Å²) < 4.78 is 5.30. The number of amides is 1. The molecule has 1 aromatic rings. The zero-order chi connectivity index (χ0) is 12.5. The van der Waals surface area contributed by atoms with Crippen LogP contribution < -0.4 is 11.1 Å². The number of nitrogen functional groups attached to an aromatic ring is 1. The average Bonchev–Trinajstić information content (AvgIpc) is 2.68. The van der Waals surface area contributed by atoms with E-state index in [1.807, 2.05) is 6.92 Å². The molecule has 2 rings (SSSR count). The molecule has 92 valence electrons. The van der Waals surface area contributed by atoms with Gasteiger partial charge in [0, 0.05) is 6.61 Å². The molecule has 0 aromatic carbocycles. The molecule has 5 heteroatoms. The van der Waals surface area contributed by atoms with E-state index in [9.17, 15) is 4.79 Å². The molecule has 0 bridgehead atoms. The Hall–Kier alpha value is -1.62. The minimum absolute atomic E-state index is 0.143. The first-order valence-corrected chi connectivity index (χ1v) is 5.63. The number of carbonyl (C=O) groups is 1. The Morgan fingerprint density at radius 1 is 1.65 bits per heavy atom. The maximum Gasteiger partial charge on any atom is 0.253 e. The number of nitrogens with one attached hydrogen (secondary N) is 1. The van der Waals surface area contributed by atoms with Crippen LogP contribution in [0.3, 0.4) is 0 Å². The van der Waals surface area contributed by atoms with Gasteiger partial charge in [-0.2, -0.15) is 0 Å². The van der Waals surface area contributed by atoms with E-state index >= 15 is 0 Å². The second-order valence-corrected chi connectivity index (χ2v) is 4.72. The zero-order valence-corrected chi connectivity index (χ0v) is 10.1. The molecule has 1 unspecified atom stereocenters. The Kier molecular flexibility index (Phi) is 3.02. The summed E-state index contributed by atoms with van der Waals surface area (Å²) in [6, 6.07) is 1.65. The molecule has 1 aliphatic rings. The standard InChI is InChI=1S/C12H17N3O2/c1-8-10(5-9(13)6-14-8)11(16)15-12(2)3-4-17-7-12/h5-6H,3-4,7,13H2,1-2H3,(H,15,16). The van der Waals surface area contributed by atoms with Gasteiger partial charge in [-0.1, -0.05) is 0 Å². The molecule has 1 aromatic heterocycles. The van der Waals surface area contributed by atoms with Gasteiger partial charge in [0.15, 0.2) is 0 Å². The molecule has 3 N–H and O–H groups in total. The van der Waals surface area contributed by atoms with Crippen molar-refractivity contribution in [2.75, 3.05) is 18.9 Å². The highest BCUT2D eigenvalue weighted by Crippen LogP contribution is 2.19. The summed E-state index contributed by atoms with van der Waals surface area (Å²) in [7, 11) is 0. The predicted molar refractivity (Wildman–Crippen MR) is 64.7 cm³/mol. The highest BCUT2D eigenvalue weighted by atomic mass is 16.5. The van der Waals surface area contributed by atoms with E-state index in [0.29, 0.717) is 30.2 Å². The maximum atomic E-state index is 12.1. The monoisotopic (exact) mass is 235 g/mol. The van der Waals surface area contributed by atoms with Gasteiger partial charge in [0.05, 0.1) is 35.3 Å². The van der Waals surface area contributed by atoms with E-state index < -0.39 is 0 Å². The number of aromatic nitrogens is 1. The molecular formula is C12H17N3O2. The van der Waals surface area contributed by atoms with Crippen LogP contribution in [-0.4, -0.2) is 29.6 Å². The van der Waals surface area contributed by atoms with Crippen LogP contribution in [0.5, 0.6) is 0 Å². The van der Waals surface area contributed by atoms with Crippen LogP contribution in [0, 0.1) is 6.92 Å². The van der Waals surface area contributed by atoms with Crippen LogP contribution in [0.2, 0.25) is 0 Å². The van der Waals surface area contributed by atoms with E-state index in [1.165, 1.54) is 0 Å². The van der Waals surface area contributed by atoms with Crippen molar-refractivity contribution in [3.63, 3.8) is 0 Å².